The molecule has 0 amide bonds. The maximum atomic E-state index is 11.0. The largest absolute Gasteiger partial charge is 0.496 e. The number of aromatic nitrogens is 2. The average molecular weight is 425 g/mol. The van der Waals surface area contributed by atoms with E-state index in [0.29, 0.717) is 11.3 Å². The number of nitrogens with zero attached hydrogens (tertiary/aromatic N) is 1. The fraction of sp³-hybridized carbons (Fsp3) is 0.111. The minimum absolute atomic E-state index is 0.616. The van der Waals surface area contributed by atoms with Crippen molar-refractivity contribution >= 4 is 34.1 Å². The van der Waals surface area contributed by atoms with Crippen LogP contribution in [0.15, 0.2) is 79.0 Å². The van der Waals surface area contributed by atoms with Crippen molar-refractivity contribution in [1.29, 1.82) is 0 Å². The first-order valence-corrected chi connectivity index (χ1v) is 10.4. The van der Waals surface area contributed by atoms with Crippen molar-refractivity contribution in [3.05, 3.63) is 101 Å². The van der Waals surface area contributed by atoms with Crippen LogP contribution < -0.4 is 4.74 Å². The zero-order valence-electron chi connectivity index (χ0n) is 18.0. The Labute approximate surface area is 186 Å². The number of benzene rings is 3. The number of H-pyrrole nitrogens is 1. The number of aromatic amines is 1. The van der Waals surface area contributed by atoms with Gasteiger partial charge in [0, 0.05) is 17.0 Å². The molecule has 4 rings (SSSR count). The van der Waals surface area contributed by atoms with Crippen molar-refractivity contribution in [2.45, 2.75) is 13.3 Å². The van der Waals surface area contributed by atoms with Gasteiger partial charge in [0.25, 0.3) is 0 Å². The van der Waals surface area contributed by atoms with Crippen LogP contribution in [0.4, 0.5) is 0 Å². The van der Waals surface area contributed by atoms with Crippen molar-refractivity contribution < 1.29 is 14.6 Å². The van der Waals surface area contributed by atoms with E-state index in [9.17, 15) is 4.79 Å². The van der Waals surface area contributed by atoms with Crippen LogP contribution in [0.1, 0.15) is 35.6 Å². The van der Waals surface area contributed by atoms with Gasteiger partial charge in [0.15, 0.2) is 0 Å². The predicted molar refractivity (Wildman–Crippen MR) is 128 cm³/mol. The zero-order valence-corrected chi connectivity index (χ0v) is 18.0. The van der Waals surface area contributed by atoms with Gasteiger partial charge in [-0.1, -0.05) is 55.5 Å². The van der Waals surface area contributed by atoms with Crippen LogP contribution in [-0.2, 0) is 4.79 Å². The van der Waals surface area contributed by atoms with Gasteiger partial charge in [-0.25, -0.2) is 4.79 Å². The molecule has 32 heavy (non-hydrogen) atoms. The Morgan fingerprint density at radius 1 is 1.03 bits per heavy atom. The molecule has 0 saturated carbocycles. The Hall–Kier alpha value is -4.12. The lowest BCUT2D eigenvalue weighted by Crippen LogP contribution is -1.97. The number of ether oxygens (including phenoxy) is 1. The van der Waals surface area contributed by atoms with Gasteiger partial charge in [0.1, 0.15) is 5.75 Å². The van der Waals surface area contributed by atoms with E-state index >= 15 is 0 Å². The number of fused-ring (bicyclic) bond motifs is 1. The van der Waals surface area contributed by atoms with E-state index in [1.165, 1.54) is 5.57 Å². The average Bonchev–Trinajstić information content (AvgIpc) is 3.29. The van der Waals surface area contributed by atoms with Crippen LogP contribution in [0, 0.1) is 0 Å². The molecule has 0 radical (unpaired) electrons. The van der Waals surface area contributed by atoms with Crippen molar-refractivity contribution in [2.24, 2.45) is 0 Å². The lowest BCUT2D eigenvalue weighted by Gasteiger charge is -2.18. The summed E-state index contributed by atoms with van der Waals surface area (Å²) in [5, 5.41) is 17.2. The molecular formula is C27H24N2O3. The van der Waals surface area contributed by atoms with E-state index < -0.39 is 5.97 Å². The van der Waals surface area contributed by atoms with Crippen LogP contribution in [-0.4, -0.2) is 28.4 Å². The van der Waals surface area contributed by atoms with Crippen LogP contribution in [0.25, 0.3) is 28.1 Å². The molecule has 0 aliphatic heterocycles. The molecule has 3 aromatic carbocycles. The fourth-order valence-corrected chi connectivity index (χ4v) is 3.94. The quantitative estimate of drug-likeness (QED) is 0.280. The fourth-order valence-electron chi connectivity index (χ4n) is 3.94. The summed E-state index contributed by atoms with van der Waals surface area (Å²) < 4.78 is 5.60. The number of allylic oxidation sites excluding steroid dienone is 1. The molecule has 0 aliphatic carbocycles. The normalized spacial score (nSPS) is 12.2. The topological polar surface area (TPSA) is 75.2 Å². The molecule has 0 fully saturated rings. The van der Waals surface area contributed by atoms with Crippen LogP contribution in [0.2, 0.25) is 0 Å². The van der Waals surface area contributed by atoms with Gasteiger partial charge >= 0.3 is 5.97 Å². The third-order valence-electron chi connectivity index (χ3n) is 5.43. The molecule has 0 atom stereocenters. The van der Waals surface area contributed by atoms with Gasteiger partial charge in [-0.3, -0.25) is 5.10 Å². The number of carboxylic acid groups (broad SMARTS) is 1. The van der Waals surface area contributed by atoms with Gasteiger partial charge in [-0.05, 0) is 58.5 Å². The highest BCUT2D eigenvalue weighted by molar-refractivity contribution is 6.00. The summed E-state index contributed by atoms with van der Waals surface area (Å²) in [5.74, 6) is -0.382. The summed E-state index contributed by atoms with van der Waals surface area (Å²) in [5.41, 5.74) is 7.25. The molecule has 160 valence electrons. The number of rotatable bonds is 7. The van der Waals surface area contributed by atoms with Crippen molar-refractivity contribution in [3.63, 3.8) is 0 Å². The number of carboxylic acids is 1. The first kappa shape index (κ1) is 21.1. The Kier molecular flexibility index (Phi) is 6.17. The molecule has 4 aromatic rings. The third-order valence-corrected chi connectivity index (χ3v) is 5.43. The summed E-state index contributed by atoms with van der Waals surface area (Å²) in [6.45, 7) is 2.15. The Morgan fingerprint density at radius 3 is 2.50 bits per heavy atom. The molecule has 5 heteroatoms. The van der Waals surface area contributed by atoms with Gasteiger partial charge in [0.2, 0.25) is 0 Å². The summed E-state index contributed by atoms with van der Waals surface area (Å²) in [4.78, 5) is 11.0. The monoisotopic (exact) mass is 424 g/mol. The molecule has 1 aromatic heterocycles. The number of hydrogen-bond acceptors (Lipinski definition) is 3. The molecule has 0 bridgehead atoms. The molecule has 5 nitrogen and oxygen atoms in total. The highest BCUT2D eigenvalue weighted by atomic mass is 16.5. The highest BCUT2D eigenvalue weighted by Gasteiger charge is 2.15. The summed E-state index contributed by atoms with van der Waals surface area (Å²) in [7, 11) is 1.59. The van der Waals surface area contributed by atoms with E-state index in [4.69, 9.17) is 9.84 Å². The van der Waals surface area contributed by atoms with Crippen molar-refractivity contribution in [3.8, 4) is 5.75 Å². The molecule has 0 spiro atoms. The number of carbonyl (C=O) groups is 1. The number of methoxy groups -OCH3 is 1. The van der Waals surface area contributed by atoms with E-state index in [1.807, 2.05) is 48.7 Å². The lowest BCUT2D eigenvalue weighted by molar-refractivity contribution is -0.131. The number of hydrogen-bond donors (Lipinski definition) is 2. The minimum Gasteiger partial charge on any atom is -0.496 e. The van der Waals surface area contributed by atoms with Gasteiger partial charge in [-0.15, -0.1) is 0 Å². The van der Waals surface area contributed by atoms with E-state index in [2.05, 4.69) is 41.4 Å². The molecule has 0 unspecified atom stereocenters. The molecule has 2 N–H and O–H groups in total. The zero-order chi connectivity index (χ0) is 22.5. The lowest BCUT2D eigenvalue weighted by atomic mass is 9.87. The molecular weight excluding hydrogens is 400 g/mol. The predicted octanol–water partition coefficient (Wildman–Crippen LogP) is 6.04. The third kappa shape index (κ3) is 4.32. The van der Waals surface area contributed by atoms with Gasteiger partial charge in [0.05, 0.1) is 18.8 Å². The first-order valence-electron chi connectivity index (χ1n) is 10.4. The summed E-state index contributed by atoms with van der Waals surface area (Å²) in [6.07, 6.45) is 5.32. The van der Waals surface area contributed by atoms with Crippen LogP contribution >= 0.6 is 0 Å². The van der Waals surface area contributed by atoms with Gasteiger partial charge in [-0.2, -0.15) is 5.10 Å². The second kappa shape index (κ2) is 9.35. The molecule has 0 aliphatic rings. The molecule has 0 saturated heterocycles. The standard InChI is InChI=1S/C27H24N2O3/c1-3-23(18-7-5-4-6-8-18)27(20-11-13-24-22(15-20)17-28-29-24)21-10-9-19(12-14-26(30)31)25(16-21)32-2/h4-17H,3H2,1-2H3,(H,28,29)(H,30,31)/b14-12+,27-23-. The van der Waals surface area contributed by atoms with Gasteiger partial charge < -0.3 is 9.84 Å². The van der Waals surface area contributed by atoms with Crippen molar-refractivity contribution in [2.75, 3.05) is 7.11 Å². The van der Waals surface area contributed by atoms with Crippen LogP contribution in [0.5, 0.6) is 5.75 Å². The summed E-state index contributed by atoms with van der Waals surface area (Å²) in [6, 6.07) is 22.5. The van der Waals surface area contributed by atoms with E-state index in [-0.39, 0.29) is 0 Å². The van der Waals surface area contributed by atoms with Crippen LogP contribution in [0.3, 0.4) is 0 Å². The molecule has 1 heterocycles. The summed E-state index contributed by atoms with van der Waals surface area (Å²) >= 11 is 0. The minimum atomic E-state index is -0.998. The smallest absolute Gasteiger partial charge is 0.328 e. The SMILES string of the molecule is CC/C(=C(/c1ccc(/C=C/C(=O)O)c(OC)c1)c1ccc2[nH]ncc2c1)c1ccccc1. The maximum absolute atomic E-state index is 11.0. The second-order valence-corrected chi connectivity index (χ2v) is 7.37. The van der Waals surface area contributed by atoms with E-state index in [0.717, 1.165) is 45.7 Å². The van der Waals surface area contributed by atoms with E-state index in [1.54, 1.807) is 13.2 Å². The first-order chi connectivity index (χ1) is 15.6. The Balaban J connectivity index is 1.95. The maximum Gasteiger partial charge on any atom is 0.328 e. The highest BCUT2D eigenvalue weighted by Crippen LogP contribution is 2.37. The Morgan fingerprint density at radius 2 is 1.78 bits per heavy atom. The Bertz CT molecular complexity index is 1320. The number of aliphatic carboxylic acids is 1. The number of nitrogens with one attached hydrogen (secondary N) is 1. The second-order valence-electron chi connectivity index (χ2n) is 7.37. The van der Waals surface area contributed by atoms with Crippen molar-refractivity contribution in [1.82, 2.24) is 10.2 Å².